The third-order valence-electron chi connectivity index (χ3n) is 4.32. The van der Waals surface area contributed by atoms with Gasteiger partial charge >= 0.3 is 5.97 Å². The molecule has 1 aromatic carbocycles. The first-order valence-electron chi connectivity index (χ1n) is 8.71. The van der Waals surface area contributed by atoms with Crippen LogP contribution in [-0.2, 0) is 16.1 Å². The standard InChI is InChI=1S/C19H17N3O5S2/c23-17(24)8-4-10-21-18(25)16(29-19(21)28)11-14-6-3-9-20(14)12-13-5-1-2-7-15(13)22(26)27/h1-3,5-7,9,11H,4,8,10,12H2,(H,23,24). The molecule has 3 rings (SSSR count). The van der Waals surface area contributed by atoms with Crippen molar-refractivity contribution in [2.45, 2.75) is 19.4 Å². The van der Waals surface area contributed by atoms with Crippen LogP contribution in [0.3, 0.4) is 0 Å². The van der Waals surface area contributed by atoms with E-state index in [2.05, 4.69) is 0 Å². The number of aliphatic carboxylic acids is 1. The van der Waals surface area contributed by atoms with Crippen LogP contribution in [0.25, 0.3) is 6.08 Å². The Morgan fingerprint density at radius 2 is 2.03 bits per heavy atom. The molecule has 10 heteroatoms. The van der Waals surface area contributed by atoms with Crippen LogP contribution in [0.2, 0.25) is 0 Å². The summed E-state index contributed by atoms with van der Waals surface area (Å²) in [5.41, 5.74) is 1.32. The van der Waals surface area contributed by atoms with E-state index in [9.17, 15) is 19.7 Å². The van der Waals surface area contributed by atoms with Crippen LogP contribution in [0.15, 0.2) is 47.5 Å². The summed E-state index contributed by atoms with van der Waals surface area (Å²) in [6.07, 6.45) is 3.78. The summed E-state index contributed by atoms with van der Waals surface area (Å²) in [5, 5.41) is 20.0. The number of carbonyl (C=O) groups excluding carboxylic acids is 1. The van der Waals surface area contributed by atoms with E-state index in [-0.39, 0.29) is 31.1 Å². The summed E-state index contributed by atoms with van der Waals surface area (Å²) in [7, 11) is 0. The van der Waals surface area contributed by atoms with Gasteiger partial charge in [0, 0.05) is 36.5 Å². The first kappa shape index (κ1) is 20.7. The highest BCUT2D eigenvalue weighted by Gasteiger charge is 2.31. The van der Waals surface area contributed by atoms with Crippen LogP contribution < -0.4 is 0 Å². The number of aromatic nitrogens is 1. The number of thiocarbonyl (C=S) groups is 1. The fraction of sp³-hybridized carbons (Fsp3) is 0.211. The van der Waals surface area contributed by atoms with Crippen molar-refractivity contribution in [3.05, 3.63) is 68.9 Å². The van der Waals surface area contributed by atoms with Gasteiger partial charge in [0.25, 0.3) is 11.6 Å². The molecule has 1 fully saturated rings. The number of para-hydroxylation sites is 1. The summed E-state index contributed by atoms with van der Waals surface area (Å²) in [4.78, 5) is 36.0. The normalized spacial score (nSPS) is 15.3. The molecule has 0 saturated carbocycles. The number of carbonyl (C=O) groups is 2. The second kappa shape index (κ2) is 9.01. The second-order valence-electron chi connectivity index (χ2n) is 6.28. The first-order chi connectivity index (χ1) is 13.9. The molecule has 1 aromatic heterocycles. The Morgan fingerprint density at radius 1 is 1.28 bits per heavy atom. The topological polar surface area (TPSA) is 106 Å². The Labute approximate surface area is 176 Å². The molecule has 0 radical (unpaired) electrons. The number of amides is 1. The minimum Gasteiger partial charge on any atom is -0.481 e. The summed E-state index contributed by atoms with van der Waals surface area (Å²) >= 11 is 6.41. The molecule has 0 bridgehead atoms. The van der Waals surface area contributed by atoms with Gasteiger partial charge in [-0.05, 0) is 24.6 Å². The Morgan fingerprint density at radius 3 is 2.76 bits per heavy atom. The molecule has 1 aliphatic rings. The number of thioether (sulfide) groups is 1. The molecular formula is C19H17N3O5S2. The number of hydrogen-bond donors (Lipinski definition) is 1. The number of carboxylic acid groups (broad SMARTS) is 1. The van der Waals surface area contributed by atoms with Gasteiger partial charge < -0.3 is 9.67 Å². The first-order valence-corrected chi connectivity index (χ1v) is 9.94. The SMILES string of the molecule is O=C(O)CCCN1C(=O)C(=Cc2cccn2Cc2ccccc2[N+](=O)[O-])SC1=S. The molecule has 150 valence electrons. The molecule has 2 heterocycles. The van der Waals surface area contributed by atoms with Crippen molar-refractivity contribution < 1.29 is 19.6 Å². The lowest BCUT2D eigenvalue weighted by atomic mass is 10.2. The minimum atomic E-state index is -0.918. The van der Waals surface area contributed by atoms with Crippen LogP contribution in [0, 0.1) is 10.1 Å². The molecule has 1 saturated heterocycles. The number of nitro benzene ring substituents is 1. The van der Waals surface area contributed by atoms with Gasteiger partial charge in [-0.1, -0.05) is 42.2 Å². The Bertz CT molecular complexity index is 1010. The van der Waals surface area contributed by atoms with E-state index < -0.39 is 10.9 Å². The molecule has 2 aromatic rings. The summed E-state index contributed by atoms with van der Waals surface area (Å²) in [6.45, 7) is 0.542. The highest BCUT2D eigenvalue weighted by Crippen LogP contribution is 2.33. The largest absolute Gasteiger partial charge is 0.481 e. The van der Waals surface area contributed by atoms with E-state index in [1.165, 1.54) is 11.0 Å². The number of nitro groups is 1. The predicted molar refractivity (Wildman–Crippen MR) is 113 cm³/mol. The minimum absolute atomic E-state index is 0.0329. The quantitative estimate of drug-likeness (QED) is 0.295. The number of carboxylic acids is 1. The number of rotatable bonds is 8. The van der Waals surface area contributed by atoms with Gasteiger partial charge in [0.1, 0.15) is 4.32 Å². The molecule has 1 N–H and O–H groups in total. The molecule has 1 amide bonds. The Kier molecular flexibility index (Phi) is 6.45. The van der Waals surface area contributed by atoms with Crippen molar-refractivity contribution in [3.63, 3.8) is 0 Å². The fourth-order valence-corrected chi connectivity index (χ4v) is 4.22. The fourth-order valence-electron chi connectivity index (χ4n) is 2.92. The van der Waals surface area contributed by atoms with Crippen molar-refractivity contribution in [1.82, 2.24) is 9.47 Å². The van der Waals surface area contributed by atoms with Crippen molar-refractivity contribution in [1.29, 1.82) is 0 Å². The molecule has 8 nitrogen and oxygen atoms in total. The van der Waals surface area contributed by atoms with Crippen molar-refractivity contribution >= 4 is 51.9 Å². The molecule has 1 aliphatic heterocycles. The van der Waals surface area contributed by atoms with Gasteiger partial charge in [-0.15, -0.1) is 0 Å². The van der Waals surface area contributed by atoms with E-state index in [1.54, 1.807) is 36.5 Å². The van der Waals surface area contributed by atoms with Crippen LogP contribution in [0.4, 0.5) is 5.69 Å². The highest BCUT2D eigenvalue weighted by molar-refractivity contribution is 8.26. The molecule has 0 unspecified atom stereocenters. The summed E-state index contributed by atoms with van der Waals surface area (Å²) < 4.78 is 2.21. The smallest absolute Gasteiger partial charge is 0.303 e. The lowest BCUT2D eigenvalue weighted by Gasteiger charge is -2.13. The highest BCUT2D eigenvalue weighted by atomic mass is 32.2. The van der Waals surface area contributed by atoms with Gasteiger partial charge in [-0.2, -0.15) is 0 Å². The summed E-state index contributed by atoms with van der Waals surface area (Å²) in [6, 6.07) is 10.1. The van der Waals surface area contributed by atoms with Gasteiger partial charge in [0.2, 0.25) is 0 Å². The van der Waals surface area contributed by atoms with E-state index in [0.717, 1.165) is 11.8 Å². The maximum atomic E-state index is 12.6. The Hall–Kier alpha value is -2.98. The van der Waals surface area contributed by atoms with Gasteiger partial charge in [-0.3, -0.25) is 24.6 Å². The molecular weight excluding hydrogens is 414 g/mol. The predicted octanol–water partition coefficient (Wildman–Crippen LogP) is 3.51. The van der Waals surface area contributed by atoms with Crippen LogP contribution >= 0.6 is 24.0 Å². The average molecular weight is 431 g/mol. The van der Waals surface area contributed by atoms with Crippen LogP contribution in [-0.4, -0.2) is 42.2 Å². The van der Waals surface area contributed by atoms with Crippen LogP contribution in [0.5, 0.6) is 0 Å². The zero-order valence-corrected chi connectivity index (χ0v) is 16.8. The molecule has 29 heavy (non-hydrogen) atoms. The molecule has 0 aliphatic carbocycles. The van der Waals surface area contributed by atoms with E-state index in [0.29, 0.717) is 26.9 Å². The number of benzene rings is 1. The third-order valence-corrected chi connectivity index (χ3v) is 5.70. The van der Waals surface area contributed by atoms with Crippen molar-refractivity contribution in [2.24, 2.45) is 0 Å². The monoisotopic (exact) mass is 431 g/mol. The zero-order chi connectivity index (χ0) is 21.0. The van der Waals surface area contributed by atoms with Gasteiger partial charge in [0.05, 0.1) is 16.4 Å². The van der Waals surface area contributed by atoms with E-state index in [1.807, 2.05) is 10.6 Å². The van der Waals surface area contributed by atoms with E-state index in [4.69, 9.17) is 17.3 Å². The molecule has 0 spiro atoms. The number of hydrogen-bond acceptors (Lipinski definition) is 6. The lowest BCUT2D eigenvalue weighted by molar-refractivity contribution is -0.385. The molecule has 0 atom stereocenters. The zero-order valence-electron chi connectivity index (χ0n) is 15.2. The third kappa shape index (κ3) is 4.90. The van der Waals surface area contributed by atoms with Gasteiger partial charge in [-0.25, -0.2) is 0 Å². The number of nitrogens with zero attached hydrogens (tertiary/aromatic N) is 3. The van der Waals surface area contributed by atoms with Crippen molar-refractivity contribution in [2.75, 3.05) is 6.54 Å². The lowest BCUT2D eigenvalue weighted by Crippen LogP contribution is -2.29. The maximum absolute atomic E-state index is 12.6. The Balaban J connectivity index is 1.78. The maximum Gasteiger partial charge on any atom is 0.303 e. The van der Waals surface area contributed by atoms with Crippen molar-refractivity contribution in [3.8, 4) is 0 Å². The average Bonchev–Trinajstić information content (AvgIpc) is 3.21. The second-order valence-corrected chi connectivity index (χ2v) is 7.95. The van der Waals surface area contributed by atoms with Crippen LogP contribution in [0.1, 0.15) is 24.1 Å². The summed E-state index contributed by atoms with van der Waals surface area (Å²) in [5.74, 6) is -1.18. The van der Waals surface area contributed by atoms with E-state index >= 15 is 0 Å². The van der Waals surface area contributed by atoms with Gasteiger partial charge in [0.15, 0.2) is 0 Å².